The molecule has 0 amide bonds. The fraction of sp³-hybridized carbons (Fsp3) is 0.250. The third kappa shape index (κ3) is 3.08. The molecule has 0 spiro atoms. The van der Waals surface area contributed by atoms with Crippen molar-refractivity contribution in [1.82, 2.24) is 9.78 Å². The Morgan fingerprint density at radius 2 is 2.32 bits per heavy atom. The summed E-state index contributed by atoms with van der Waals surface area (Å²) < 4.78 is 1.56. The van der Waals surface area contributed by atoms with Crippen molar-refractivity contribution in [2.45, 2.75) is 13.5 Å². The number of aryl methyl sites for hydroxylation is 1. The van der Waals surface area contributed by atoms with Crippen LogP contribution in [0.5, 0.6) is 0 Å². The first-order chi connectivity index (χ1) is 9.10. The minimum atomic E-state index is -0.423. The van der Waals surface area contributed by atoms with Gasteiger partial charge < -0.3 is 10.4 Å². The van der Waals surface area contributed by atoms with Gasteiger partial charge in [-0.25, -0.2) is 0 Å². The lowest BCUT2D eigenvalue weighted by Gasteiger charge is -2.05. The van der Waals surface area contributed by atoms with E-state index in [2.05, 4.69) is 10.4 Å². The average Bonchev–Trinajstić information content (AvgIpc) is 2.79. The Bertz CT molecular complexity index is 594. The number of hydrogen-bond donors (Lipinski definition) is 2. The smallest absolute Gasteiger partial charge is 0.292 e. The first-order valence-electron chi connectivity index (χ1n) is 5.75. The fourth-order valence-corrected chi connectivity index (χ4v) is 1.71. The molecule has 1 aromatic carbocycles. The van der Waals surface area contributed by atoms with Gasteiger partial charge in [0, 0.05) is 12.3 Å². The zero-order valence-corrected chi connectivity index (χ0v) is 10.4. The third-order valence-corrected chi connectivity index (χ3v) is 2.59. The van der Waals surface area contributed by atoms with E-state index in [9.17, 15) is 10.1 Å². The van der Waals surface area contributed by atoms with E-state index < -0.39 is 4.92 Å². The van der Waals surface area contributed by atoms with Crippen LogP contribution >= 0.6 is 0 Å². The van der Waals surface area contributed by atoms with E-state index in [1.807, 2.05) is 0 Å². The van der Waals surface area contributed by atoms with Gasteiger partial charge in [-0.3, -0.25) is 14.8 Å². The fourth-order valence-electron chi connectivity index (χ4n) is 1.71. The summed E-state index contributed by atoms with van der Waals surface area (Å²) in [5.74, 6) is 0. The van der Waals surface area contributed by atoms with Crippen LogP contribution in [0.3, 0.4) is 0 Å². The van der Waals surface area contributed by atoms with Crippen LogP contribution in [0, 0.1) is 17.0 Å². The standard InChI is InChI=1S/C12H14N4O3/c1-9-2-3-11(12(6-9)16(18)19)14-10-7-13-15(8-10)4-5-17/h2-3,6-8,14,17H,4-5H2,1H3. The Hall–Kier alpha value is -2.41. The molecule has 100 valence electrons. The van der Waals surface area contributed by atoms with Crippen molar-refractivity contribution in [3.05, 3.63) is 46.3 Å². The van der Waals surface area contributed by atoms with E-state index in [-0.39, 0.29) is 12.3 Å². The zero-order valence-electron chi connectivity index (χ0n) is 10.4. The second-order valence-electron chi connectivity index (χ2n) is 4.12. The number of hydrogen-bond acceptors (Lipinski definition) is 5. The predicted octanol–water partition coefficient (Wildman–Crippen LogP) is 1.84. The minimum absolute atomic E-state index is 0.00814. The lowest BCUT2D eigenvalue weighted by Crippen LogP contribution is -2.01. The van der Waals surface area contributed by atoms with Gasteiger partial charge in [0.25, 0.3) is 5.69 Å². The number of aromatic nitrogens is 2. The molecule has 0 atom stereocenters. The summed E-state index contributed by atoms with van der Waals surface area (Å²) in [6.07, 6.45) is 3.24. The van der Waals surface area contributed by atoms with Gasteiger partial charge >= 0.3 is 0 Å². The number of aliphatic hydroxyl groups is 1. The normalized spacial score (nSPS) is 10.4. The molecule has 2 aromatic rings. The van der Waals surface area contributed by atoms with Crippen molar-refractivity contribution in [3.63, 3.8) is 0 Å². The molecule has 0 fully saturated rings. The number of nitrogens with one attached hydrogen (secondary N) is 1. The van der Waals surface area contributed by atoms with E-state index >= 15 is 0 Å². The molecule has 0 unspecified atom stereocenters. The van der Waals surface area contributed by atoms with Crippen LogP contribution < -0.4 is 5.32 Å². The van der Waals surface area contributed by atoms with Gasteiger partial charge in [0.2, 0.25) is 0 Å². The molecule has 0 aliphatic rings. The largest absolute Gasteiger partial charge is 0.394 e. The number of nitro benzene ring substituents is 1. The predicted molar refractivity (Wildman–Crippen MR) is 70.4 cm³/mol. The molecule has 7 nitrogen and oxygen atoms in total. The molecular weight excluding hydrogens is 248 g/mol. The highest BCUT2D eigenvalue weighted by molar-refractivity contribution is 5.69. The van der Waals surface area contributed by atoms with E-state index in [0.29, 0.717) is 17.9 Å². The molecule has 0 saturated carbocycles. The van der Waals surface area contributed by atoms with Crippen LogP contribution in [-0.2, 0) is 6.54 Å². The van der Waals surface area contributed by atoms with Crippen LogP contribution in [0.2, 0.25) is 0 Å². The maximum absolute atomic E-state index is 11.0. The highest BCUT2D eigenvalue weighted by Gasteiger charge is 2.14. The van der Waals surface area contributed by atoms with Crippen LogP contribution in [0.25, 0.3) is 0 Å². The van der Waals surface area contributed by atoms with Gasteiger partial charge in [0.1, 0.15) is 5.69 Å². The monoisotopic (exact) mass is 262 g/mol. The molecule has 0 aliphatic carbocycles. The van der Waals surface area contributed by atoms with Crippen LogP contribution in [0.4, 0.5) is 17.1 Å². The van der Waals surface area contributed by atoms with Crippen molar-refractivity contribution < 1.29 is 10.0 Å². The van der Waals surface area contributed by atoms with E-state index in [1.54, 1.807) is 36.1 Å². The molecule has 1 aromatic heterocycles. The molecule has 0 saturated heterocycles. The summed E-state index contributed by atoms with van der Waals surface area (Å²) in [5.41, 5.74) is 1.91. The Morgan fingerprint density at radius 1 is 1.53 bits per heavy atom. The molecule has 0 aliphatic heterocycles. The summed E-state index contributed by atoms with van der Waals surface area (Å²) in [7, 11) is 0. The maximum Gasteiger partial charge on any atom is 0.292 e. The second-order valence-corrected chi connectivity index (χ2v) is 4.12. The highest BCUT2D eigenvalue weighted by atomic mass is 16.6. The van der Waals surface area contributed by atoms with Gasteiger partial charge in [-0.1, -0.05) is 6.07 Å². The van der Waals surface area contributed by atoms with Crippen molar-refractivity contribution in [1.29, 1.82) is 0 Å². The van der Waals surface area contributed by atoms with E-state index in [0.717, 1.165) is 5.56 Å². The Labute approximate surface area is 109 Å². The van der Waals surface area contributed by atoms with Crippen molar-refractivity contribution >= 4 is 17.1 Å². The van der Waals surface area contributed by atoms with Crippen molar-refractivity contribution in [3.8, 4) is 0 Å². The SMILES string of the molecule is Cc1ccc(Nc2cnn(CCO)c2)c([N+](=O)[O-])c1. The van der Waals surface area contributed by atoms with Gasteiger partial charge in [0.15, 0.2) is 0 Å². The quantitative estimate of drug-likeness (QED) is 0.633. The summed E-state index contributed by atoms with van der Waals surface area (Å²) >= 11 is 0. The second kappa shape index (κ2) is 5.49. The third-order valence-electron chi connectivity index (χ3n) is 2.59. The first kappa shape index (κ1) is 13.0. The molecule has 0 radical (unpaired) electrons. The lowest BCUT2D eigenvalue weighted by atomic mass is 10.2. The van der Waals surface area contributed by atoms with Gasteiger partial charge in [-0.05, 0) is 18.6 Å². The average molecular weight is 262 g/mol. The summed E-state index contributed by atoms with van der Waals surface area (Å²) in [6.45, 7) is 2.18. The van der Waals surface area contributed by atoms with E-state index in [4.69, 9.17) is 5.11 Å². The zero-order chi connectivity index (χ0) is 13.8. The van der Waals surface area contributed by atoms with Crippen LogP contribution in [0.15, 0.2) is 30.6 Å². The Kier molecular flexibility index (Phi) is 3.76. The summed E-state index contributed by atoms with van der Waals surface area (Å²) in [6, 6.07) is 4.98. The number of anilines is 2. The van der Waals surface area contributed by atoms with Crippen molar-refractivity contribution in [2.75, 3.05) is 11.9 Å². The number of nitrogens with zero attached hydrogens (tertiary/aromatic N) is 3. The van der Waals surface area contributed by atoms with Gasteiger partial charge in [0.05, 0.1) is 30.0 Å². The Balaban J connectivity index is 2.24. The van der Waals surface area contributed by atoms with Crippen molar-refractivity contribution in [2.24, 2.45) is 0 Å². The number of aliphatic hydroxyl groups excluding tert-OH is 1. The summed E-state index contributed by atoms with van der Waals surface area (Å²) in [4.78, 5) is 10.6. The first-order valence-corrected chi connectivity index (χ1v) is 5.75. The summed E-state index contributed by atoms with van der Waals surface area (Å²) in [5, 5.41) is 26.8. The lowest BCUT2D eigenvalue weighted by molar-refractivity contribution is -0.384. The number of rotatable bonds is 5. The number of nitro groups is 1. The topological polar surface area (TPSA) is 93.2 Å². The molecule has 7 heteroatoms. The number of benzene rings is 1. The Morgan fingerprint density at radius 3 is 3.00 bits per heavy atom. The van der Waals surface area contributed by atoms with Crippen LogP contribution in [-0.4, -0.2) is 26.4 Å². The molecule has 1 heterocycles. The van der Waals surface area contributed by atoms with Gasteiger partial charge in [-0.15, -0.1) is 0 Å². The molecule has 2 N–H and O–H groups in total. The molecule has 2 rings (SSSR count). The molecular formula is C12H14N4O3. The van der Waals surface area contributed by atoms with Gasteiger partial charge in [-0.2, -0.15) is 5.10 Å². The highest BCUT2D eigenvalue weighted by Crippen LogP contribution is 2.28. The minimum Gasteiger partial charge on any atom is -0.394 e. The molecule has 19 heavy (non-hydrogen) atoms. The molecule has 0 bridgehead atoms. The van der Waals surface area contributed by atoms with E-state index in [1.165, 1.54) is 6.07 Å². The maximum atomic E-state index is 11.0. The van der Waals surface area contributed by atoms with Crippen LogP contribution in [0.1, 0.15) is 5.56 Å².